The van der Waals surface area contributed by atoms with Crippen molar-refractivity contribution >= 4 is 6.09 Å². The van der Waals surface area contributed by atoms with Gasteiger partial charge >= 0.3 is 6.09 Å². The third-order valence-corrected chi connectivity index (χ3v) is 9.43. The van der Waals surface area contributed by atoms with Gasteiger partial charge in [0.1, 0.15) is 6.10 Å². The lowest BCUT2D eigenvalue weighted by Crippen LogP contribution is -2.53. The molecule has 4 rings (SSSR count). The van der Waals surface area contributed by atoms with Gasteiger partial charge in [-0.05, 0) is 92.3 Å². The number of amides is 1. The second-order valence-corrected chi connectivity index (χ2v) is 10.8. The Labute approximate surface area is 170 Å². The van der Waals surface area contributed by atoms with Crippen molar-refractivity contribution in [3.8, 4) is 0 Å². The summed E-state index contributed by atoms with van der Waals surface area (Å²) in [7, 11) is 0. The number of alkyl carbamates (subject to hydrolysis) is 1. The van der Waals surface area contributed by atoms with Gasteiger partial charge in [0.05, 0.1) is 6.10 Å². The number of nitrogens with one attached hydrogen (secondary N) is 1. The van der Waals surface area contributed by atoms with Crippen molar-refractivity contribution in [2.75, 3.05) is 13.1 Å². The Balaban J connectivity index is 1.36. The Morgan fingerprint density at radius 3 is 2.75 bits per heavy atom. The number of ether oxygens (including phenoxy) is 1. The minimum absolute atomic E-state index is 0.0185. The molecular weight excluding hydrogens is 352 g/mol. The zero-order valence-corrected chi connectivity index (χ0v) is 17.8. The number of hydrogen-bond donors (Lipinski definition) is 3. The van der Waals surface area contributed by atoms with Crippen molar-refractivity contribution in [1.82, 2.24) is 5.32 Å². The standard InChI is InChI=1S/C23H40N2O3/c1-22-9-3-4-19(22)18-6-5-15-12-17(28-21(27)25-14-16(26)13-24)7-11-23(15,2)20(18)8-10-22/h15-20,26H,3-14,24H2,1-2H3,(H,25,27)/t15?,16?,17?,18-,19-,20+,22-,23-/m0/s1. The molecule has 0 spiro atoms. The molecule has 0 aromatic rings. The molecule has 4 aliphatic carbocycles. The van der Waals surface area contributed by atoms with E-state index >= 15 is 0 Å². The molecule has 0 bridgehead atoms. The molecule has 1 amide bonds. The van der Waals surface area contributed by atoms with Gasteiger partial charge in [-0.25, -0.2) is 4.79 Å². The maximum absolute atomic E-state index is 12.1. The van der Waals surface area contributed by atoms with Crippen molar-refractivity contribution in [2.45, 2.75) is 90.3 Å². The first-order valence-electron chi connectivity index (χ1n) is 11.7. The predicted octanol–water partition coefficient (Wildman–Crippen LogP) is 3.83. The van der Waals surface area contributed by atoms with Crippen molar-refractivity contribution in [3.05, 3.63) is 0 Å². The van der Waals surface area contributed by atoms with Crippen LogP contribution in [0.2, 0.25) is 0 Å². The van der Waals surface area contributed by atoms with Crippen LogP contribution in [-0.2, 0) is 4.74 Å². The van der Waals surface area contributed by atoms with Crippen molar-refractivity contribution in [3.63, 3.8) is 0 Å². The Bertz CT molecular complexity index is 584. The van der Waals surface area contributed by atoms with Gasteiger partial charge in [-0.3, -0.25) is 0 Å². The van der Waals surface area contributed by atoms with E-state index in [9.17, 15) is 9.90 Å². The van der Waals surface area contributed by atoms with E-state index in [1.165, 1.54) is 51.4 Å². The first-order chi connectivity index (χ1) is 13.4. The molecule has 8 atom stereocenters. The first-order valence-corrected chi connectivity index (χ1v) is 11.7. The smallest absolute Gasteiger partial charge is 0.407 e. The van der Waals surface area contributed by atoms with Crippen LogP contribution < -0.4 is 11.1 Å². The highest BCUT2D eigenvalue weighted by molar-refractivity contribution is 5.67. The zero-order chi connectivity index (χ0) is 19.9. The molecular formula is C23H40N2O3. The molecule has 0 aromatic heterocycles. The number of nitrogens with two attached hydrogens (primary N) is 1. The van der Waals surface area contributed by atoms with Gasteiger partial charge in [0.2, 0.25) is 0 Å². The summed E-state index contributed by atoms with van der Waals surface area (Å²) in [4.78, 5) is 12.1. The number of carbonyl (C=O) groups excluding carboxylic acids is 1. The highest BCUT2D eigenvalue weighted by Gasteiger charge is 2.58. The van der Waals surface area contributed by atoms with E-state index in [0.717, 1.165) is 30.6 Å². The Morgan fingerprint density at radius 1 is 1.14 bits per heavy atom. The summed E-state index contributed by atoms with van der Waals surface area (Å²) in [5, 5.41) is 12.1. The number of carbonyl (C=O) groups is 1. The van der Waals surface area contributed by atoms with Crippen LogP contribution in [0, 0.1) is 34.5 Å². The SMILES string of the molecule is C[C@@]12CCC[C@H]1[C@@H]1CCC3CC(OC(=O)NCC(O)CN)CC[C@]3(C)[C@@H]1CC2. The second kappa shape index (κ2) is 7.79. The van der Waals surface area contributed by atoms with Gasteiger partial charge in [-0.1, -0.05) is 20.3 Å². The number of rotatable bonds is 4. The molecule has 4 N–H and O–H groups in total. The van der Waals surface area contributed by atoms with E-state index in [4.69, 9.17) is 10.5 Å². The van der Waals surface area contributed by atoms with Crippen LogP contribution >= 0.6 is 0 Å². The van der Waals surface area contributed by atoms with Gasteiger partial charge in [-0.15, -0.1) is 0 Å². The number of aliphatic hydroxyl groups is 1. The predicted molar refractivity (Wildman–Crippen MR) is 110 cm³/mol. The third kappa shape index (κ3) is 3.58. The van der Waals surface area contributed by atoms with E-state index < -0.39 is 12.2 Å². The molecule has 0 saturated heterocycles. The largest absolute Gasteiger partial charge is 0.446 e. The third-order valence-electron chi connectivity index (χ3n) is 9.43. The molecule has 28 heavy (non-hydrogen) atoms. The zero-order valence-electron chi connectivity index (χ0n) is 17.8. The fourth-order valence-electron chi connectivity index (χ4n) is 7.80. The molecule has 4 fully saturated rings. The van der Waals surface area contributed by atoms with E-state index in [0.29, 0.717) is 16.7 Å². The van der Waals surface area contributed by atoms with Gasteiger partial charge in [-0.2, -0.15) is 0 Å². The Kier molecular flexibility index (Phi) is 5.69. The van der Waals surface area contributed by atoms with Gasteiger partial charge in [0, 0.05) is 13.1 Å². The van der Waals surface area contributed by atoms with E-state index in [1.54, 1.807) is 0 Å². The monoisotopic (exact) mass is 392 g/mol. The lowest BCUT2D eigenvalue weighted by Gasteiger charge is -2.60. The fourth-order valence-corrected chi connectivity index (χ4v) is 7.80. The van der Waals surface area contributed by atoms with Crippen LogP contribution in [0.3, 0.4) is 0 Å². The molecule has 0 heterocycles. The summed E-state index contributed by atoms with van der Waals surface area (Å²) in [6.07, 6.45) is 11.9. The number of hydrogen-bond acceptors (Lipinski definition) is 4. The minimum Gasteiger partial charge on any atom is -0.446 e. The summed E-state index contributed by atoms with van der Waals surface area (Å²) in [5.41, 5.74) is 6.43. The van der Waals surface area contributed by atoms with Gasteiger partial charge in [0.25, 0.3) is 0 Å². The number of fused-ring (bicyclic) bond motifs is 5. The highest BCUT2D eigenvalue weighted by Crippen LogP contribution is 2.66. The Hall–Kier alpha value is -0.810. The maximum Gasteiger partial charge on any atom is 0.407 e. The van der Waals surface area contributed by atoms with Crippen molar-refractivity contribution in [2.24, 2.45) is 40.2 Å². The first kappa shape index (κ1) is 20.5. The average molecular weight is 393 g/mol. The average Bonchev–Trinajstić information content (AvgIpc) is 3.08. The minimum atomic E-state index is -0.704. The summed E-state index contributed by atoms with van der Waals surface area (Å²) in [5.74, 6) is 3.44. The van der Waals surface area contributed by atoms with Crippen LogP contribution in [0.5, 0.6) is 0 Å². The van der Waals surface area contributed by atoms with Crippen LogP contribution in [0.1, 0.15) is 78.1 Å². The second-order valence-electron chi connectivity index (χ2n) is 10.8. The maximum atomic E-state index is 12.1. The Morgan fingerprint density at radius 2 is 1.96 bits per heavy atom. The van der Waals surface area contributed by atoms with E-state index in [1.807, 2.05) is 0 Å². The molecule has 5 nitrogen and oxygen atoms in total. The molecule has 160 valence electrons. The van der Waals surface area contributed by atoms with Crippen LogP contribution in [0.25, 0.3) is 0 Å². The van der Waals surface area contributed by atoms with Crippen molar-refractivity contribution < 1.29 is 14.6 Å². The molecule has 5 heteroatoms. The van der Waals surface area contributed by atoms with Crippen LogP contribution in [-0.4, -0.2) is 36.5 Å². The van der Waals surface area contributed by atoms with E-state index in [2.05, 4.69) is 19.2 Å². The summed E-state index contributed by atoms with van der Waals surface area (Å²) in [6, 6.07) is 0. The molecule has 4 saturated carbocycles. The van der Waals surface area contributed by atoms with Gasteiger partial charge < -0.3 is 20.9 Å². The molecule has 4 aliphatic rings. The summed E-state index contributed by atoms with van der Waals surface area (Å²) >= 11 is 0. The summed E-state index contributed by atoms with van der Waals surface area (Å²) in [6.45, 7) is 5.43. The van der Waals surface area contributed by atoms with E-state index in [-0.39, 0.29) is 19.2 Å². The molecule has 0 aliphatic heterocycles. The van der Waals surface area contributed by atoms with Crippen LogP contribution in [0.15, 0.2) is 0 Å². The fraction of sp³-hybridized carbons (Fsp3) is 0.957. The van der Waals surface area contributed by atoms with Crippen LogP contribution in [0.4, 0.5) is 4.79 Å². The lowest BCUT2D eigenvalue weighted by molar-refractivity contribution is -0.121. The topological polar surface area (TPSA) is 84.6 Å². The lowest BCUT2D eigenvalue weighted by atomic mass is 9.45. The highest BCUT2D eigenvalue weighted by atomic mass is 16.6. The number of aliphatic hydroxyl groups excluding tert-OH is 1. The quantitative estimate of drug-likeness (QED) is 0.679. The van der Waals surface area contributed by atoms with Gasteiger partial charge in [0.15, 0.2) is 0 Å². The van der Waals surface area contributed by atoms with Crippen molar-refractivity contribution in [1.29, 1.82) is 0 Å². The molecule has 0 radical (unpaired) electrons. The normalized spacial score (nSPS) is 46.1. The summed E-state index contributed by atoms with van der Waals surface area (Å²) < 4.78 is 5.70. The molecule has 3 unspecified atom stereocenters. The molecule has 0 aromatic carbocycles.